The highest BCUT2D eigenvalue weighted by Crippen LogP contribution is 2.32. The zero-order valence-corrected chi connectivity index (χ0v) is 18.2. The summed E-state index contributed by atoms with van der Waals surface area (Å²) in [6.45, 7) is 7.78. The molecule has 2 aromatic carbocycles. The summed E-state index contributed by atoms with van der Waals surface area (Å²) < 4.78 is 38.9. The fourth-order valence-corrected chi connectivity index (χ4v) is 3.42. The number of benzene rings is 2. The van der Waals surface area contributed by atoms with E-state index in [1.807, 2.05) is 0 Å². The lowest BCUT2D eigenvalue weighted by Gasteiger charge is -2.17. The first-order valence-electron chi connectivity index (χ1n) is 10.7. The van der Waals surface area contributed by atoms with E-state index in [9.17, 15) is 18.0 Å². The Morgan fingerprint density at radius 3 is 2.41 bits per heavy atom. The van der Waals surface area contributed by atoms with Gasteiger partial charge in [0, 0.05) is 17.7 Å². The number of amides is 1. The van der Waals surface area contributed by atoms with Gasteiger partial charge in [-0.2, -0.15) is 18.3 Å². The Balaban J connectivity index is 1.62. The summed E-state index contributed by atoms with van der Waals surface area (Å²) in [6, 6.07) is 13.8. The SMILES string of the molecule is CCN(CC)CCCNC(=O)c1ccc(-c2cc(-c3cccc(C(F)(F)F)c3)n[nH]2)cc1. The van der Waals surface area contributed by atoms with Crippen molar-refractivity contribution >= 4 is 5.91 Å². The van der Waals surface area contributed by atoms with Gasteiger partial charge in [-0.15, -0.1) is 0 Å². The summed E-state index contributed by atoms with van der Waals surface area (Å²) in [5.41, 5.74) is 2.07. The second-order valence-corrected chi connectivity index (χ2v) is 7.46. The molecule has 0 aliphatic carbocycles. The van der Waals surface area contributed by atoms with Crippen LogP contribution in [0.5, 0.6) is 0 Å². The topological polar surface area (TPSA) is 61.0 Å². The Morgan fingerprint density at radius 1 is 1.03 bits per heavy atom. The highest BCUT2D eigenvalue weighted by Gasteiger charge is 2.30. The van der Waals surface area contributed by atoms with E-state index in [0.29, 0.717) is 29.1 Å². The largest absolute Gasteiger partial charge is 0.416 e. The number of halogens is 3. The molecule has 1 aromatic heterocycles. The molecule has 0 unspecified atom stereocenters. The molecule has 0 radical (unpaired) electrons. The summed E-state index contributed by atoms with van der Waals surface area (Å²) in [7, 11) is 0. The van der Waals surface area contributed by atoms with Crippen LogP contribution in [0.4, 0.5) is 13.2 Å². The Bertz CT molecular complexity index is 1020. The van der Waals surface area contributed by atoms with Crippen LogP contribution in [-0.2, 0) is 6.18 Å². The van der Waals surface area contributed by atoms with Crippen molar-refractivity contribution in [2.75, 3.05) is 26.2 Å². The summed E-state index contributed by atoms with van der Waals surface area (Å²) in [5.74, 6) is -0.134. The molecule has 2 N–H and O–H groups in total. The predicted molar refractivity (Wildman–Crippen MR) is 119 cm³/mol. The van der Waals surface area contributed by atoms with E-state index in [0.717, 1.165) is 43.8 Å². The Hall–Kier alpha value is -3.13. The van der Waals surface area contributed by atoms with E-state index >= 15 is 0 Å². The molecule has 170 valence electrons. The second kappa shape index (κ2) is 10.5. The first-order chi connectivity index (χ1) is 15.3. The van der Waals surface area contributed by atoms with Crippen molar-refractivity contribution in [2.24, 2.45) is 0 Å². The molecule has 3 rings (SSSR count). The first kappa shape index (κ1) is 23.5. The number of H-pyrrole nitrogens is 1. The van der Waals surface area contributed by atoms with Crippen LogP contribution in [0.1, 0.15) is 36.2 Å². The summed E-state index contributed by atoms with van der Waals surface area (Å²) >= 11 is 0. The fraction of sp³-hybridized carbons (Fsp3) is 0.333. The van der Waals surface area contributed by atoms with Gasteiger partial charge in [-0.05, 0) is 62.0 Å². The molecule has 0 fully saturated rings. The molecule has 8 heteroatoms. The van der Waals surface area contributed by atoms with Crippen molar-refractivity contribution in [3.63, 3.8) is 0 Å². The number of nitrogens with one attached hydrogen (secondary N) is 2. The van der Waals surface area contributed by atoms with Crippen LogP contribution in [0.25, 0.3) is 22.5 Å². The van der Waals surface area contributed by atoms with Gasteiger partial charge in [0.1, 0.15) is 0 Å². The van der Waals surface area contributed by atoms with Gasteiger partial charge in [-0.1, -0.05) is 38.1 Å². The normalized spacial score (nSPS) is 11.7. The van der Waals surface area contributed by atoms with Gasteiger partial charge in [0.15, 0.2) is 0 Å². The number of carbonyl (C=O) groups is 1. The predicted octanol–water partition coefficient (Wildman–Crippen LogP) is 5.22. The fourth-order valence-electron chi connectivity index (χ4n) is 3.42. The average Bonchev–Trinajstić information content (AvgIpc) is 3.29. The lowest BCUT2D eigenvalue weighted by atomic mass is 10.1. The minimum atomic E-state index is -4.41. The molecular weight excluding hydrogens is 417 g/mol. The van der Waals surface area contributed by atoms with E-state index in [1.165, 1.54) is 6.07 Å². The zero-order valence-electron chi connectivity index (χ0n) is 18.2. The Kier molecular flexibility index (Phi) is 7.69. The van der Waals surface area contributed by atoms with Gasteiger partial charge in [0.2, 0.25) is 0 Å². The number of hydrogen-bond acceptors (Lipinski definition) is 3. The minimum Gasteiger partial charge on any atom is -0.352 e. The van der Waals surface area contributed by atoms with E-state index in [4.69, 9.17) is 0 Å². The van der Waals surface area contributed by atoms with E-state index in [2.05, 4.69) is 34.3 Å². The minimum absolute atomic E-state index is 0.134. The van der Waals surface area contributed by atoms with Gasteiger partial charge in [-0.3, -0.25) is 9.89 Å². The monoisotopic (exact) mass is 444 g/mol. The number of nitrogens with zero attached hydrogens (tertiary/aromatic N) is 2. The van der Waals surface area contributed by atoms with Crippen LogP contribution >= 0.6 is 0 Å². The molecule has 3 aromatic rings. The summed E-state index contributed by atoms with van der Waals surface area (Å²) in [4.78, 5) is 14.6. The second-order valence-electron chi connectivity index (χ2n) is 7.46. The van der Waals surface area contributed by atoms with Gasteiger partial charge in [0.05, 0.1) is 17.0 Å². The Labute approximate surface area is 185 Å². The van der Waals surface area contributed by atoms with E-state index in [-0.39, 0.29) is 5.91 Å². The molecule has 0 aliphatic rings. The van der Waals surface area contributed by atoms with Gasteiger partial charge < -0.3 is 10.2 Å². The van der Waals surface area contributed by atoms with Crippen LogP contribution < -0.4 is 5.32 Å². The molecule has 0 saturated carbocycles. The van der Waals surface area contributed by atoms with E-state index < -0.39 is 11.7 Å². The maximum absolute atomic E-state index is 13.0. The number of aromatic amines is 1. The average molecular weight is 445 g/mol. The number of rotatable bonds is 9. The third-order valence-corrected chi connectivity index (χ3v) is 5.35. The van der Waals surface area contributed by atoms with Gasteiger partial charge >= 0.3 is 6.18 Å². The molecule has 0 saturated heterocycles. The summed E-state index contributed by atoms with van der Waals surface area (Å²) in [6.07, 6.45) is -3.52. The lowest BCUT2D eigenvalue weighted by molar-refractivity contribution is -0.137. The van der Waals surface area contributed by atoms with Crippen LogP contribution in [0.2, 0.25) is 0 Å². The summed E-state index contributed by atoms with van der Waals surface area (Å²) in [5, 5.41) is 9.93. The van der Waals surface area contributed by atoms with Crippen molar-refractivity contribution in [1.29, 1.82) is 0 Å². The van der Waals surface area contributed by atoms with Crippen molar-refractivity contribution in [2.45, 2.75) is 26.4 Å². The standard InChI is InChI=1S/C24H27F3N4O/c1-3-31(4-2)14-6-13-28-23(32)18-11-9-17(10-12-18)21-16-22(30-29-21)19-7-5-8-20(15-19)24(25,26)27/h5,7-12,15-16H,3-4,6,13-14H2,1-2H3,(H,28,32)(H,29,30). The van der Waals surface area contributed by atoms with Crippen LogP contribution in [0, 0.1) is 0 Å². The molecule has 1 amide bonds. The van der Waals surface area contributed by atoms with Crippen LogP contribution in [0.15, 0.2) is 54.6 Å². The van der Waals surface area contributed by atoms with Crippen molar-refractivity contribution in [3.8, 4) is 22.5 Å². The highest BCUT2D eigenvalue weighted by atomic mass is 19.4. The van der Waals surface area contributed by atoms with Crippen LogP contribution in [-0.4, -0.2) is 47.2 Å². The lowest BCUT2D eigenvalue weighted by Crippen LogP contribution is -2.29. The van der Waals surface area contributed by atoms with Gasteiger partial charge in [-0.25, -0.2) is 0 Å². The number of aromatic nitrogens is 2. The number of hydrogen-bond donors (Lipinski definition) is 2. The molecule has 32 heavy (non-hydrogen) atoms. The molecule has 0 atom stereocenters. The number of carbonyl (C=O) groups excluding carboxylic acids is 1. The van der Waals surface area contributed by atoms with Crippen molar-refractivity contribution in [3.05, 3.63) is 65.7 Å². The third kappa shape index (κ3) is 5.97. The molecule has 0 spiro atoms. The third-order valence-electron chi connectivity index (χ3n) is 5.35. The van der Waals surface area contributed by atoms with Gasteiger partial charge in [0.25, 0.3) is 5.91 Å². The Morgan fingerprint density at radius 2 is 1.75 bits per heavy atom. The molecular formula is C24H27F3N4O. The quantitative estimate of drug-likeness (QED) is 0.445. The van der Waals surface area contributed by atoms with Crippen molar-refractivity contribution < 1.29 is 18.0 Å². The van der Waals surface area contributed by atoms with Crippen molar-refractivity contribution in [1.82, 2.24) is 20.4 Å². The van der Waals surface area contributed by atoms with Crippen LogP contribution in [0.3, 0.4) is 0 Å². The first-order valence-corrected chi connectivity index (χ1v) is 10.7. The van der Waals surface area contributed by atoms with E-state index in [1.54, 1.807) is 36.4 Å². The maximum atomic E-state index is 13.0. The zero-order chi connectivity index (χ0) is 23.1. The maximum Gasteiger partial charge on any atom is 0.416 e. The highest BCUT2D eigenvalue weighted by molar-refractivity contribution is 5.94. The molecule has 5 nitrogen and oxygen atoms in total. The molecule has 0 bridgehead atoms. The molecule has 0 aliphatic heterocycles. The molecule has 1 heterocycles. The smallest absolute Gasteiger partial charge is 0.352 e. The number of alkyl halides is 3.